The van der Waals surface area contributed by atoms with Gasteiger partial charge in [0.05, 0.1) is 18.9 Å². The van der Waals surface area contributed by atoms with E-state index in [-0.39, 0.29) is 0 Å². The van der Waals surface area contributed by atoms with Crippen LogP contribution in [-0.4, -0.2) is 84.1 Å². The summed E-state index contributed by atoms with van der Waals surface area (Å²) in [7, 11) is 0. The van der Waals surface area contributed by atoms with E-state index < -0.39 is 0 Å². The highest BCUT2D eigenvalue weighted by Gasteiger charge is 2.34. The second kappa shape index (κ2) is 10.5. The normalized spacial score (nSPS) is 27.1. The maximum absolute atomic E-state index is 12.8. The Bertz CT molecular complexity index is 629. The number of hydrogen-bond donors (Lipinski definition) is 0. The fourth-order valence-electron chi connectivity index (χ4n) is 5.24. The van der Waals surface area contributed by atoms with Gasteiger partial charge in [0.15, 0.2) is 0 Å². The van der Waals surface area contributed by atoms with Crippen molar-refractivity contribution in [3.8, 4) is 0 Å². The first-order valence-corrected chi connectivity index (χ1v) is 11.5. The van der Waals surface area contributed by atoms with Gasteiger partial charge in [0.2, 0.25) is 5.91 Å². The largest absolute Gasteiger partial charge is 0.379 e. The van der Waals surface area contributed by atoms with Gasteiger partial charge in [-0.1, -0.05) is 6.07 Å². The quantitative estimate of drug-likeness (QED) is 0.734. The monoisotopic (exact) mass is 400 g/mol. The van der Waals surface area contributed by atoms with Crippen LogP contribution in [0.1, 0.15) is 44.2 Å². The van der Waals surface area contributed by atoms with E-state index in [0.717, 1.165) is 71.1 Å². The molecule has 4 heterocycles. The number of likely N-dealkylation sites (tertiary alicyclic amines) is 2. The first-order valence-electron chi connectivity index (χ1n) is 11.5. The van der Waals surface area contributed by atoms with E-state index >= 15 is 0 Å². The number of aromatic nitrogens is 1. The molecule has 0 aromatic carbocycles. The highest BCUT2D eigenvalue weighted by Crippen LogP contribution is 2.28. The molecule has 29 heavy (non-hydrogen) atoms. The van der Waals surface area contributed by atoms with E-state index in [0.29, 0.717) is 24.3 Å². The first-order chi connectivity index (χ1) is 14.3. The van der Waals surface area contributed by atoms with Crippen LogP contribution < -0.4 is 0 Å². The third-order valence-corrected chi connectivity index (χ3v) is 6.84. The maximum Gasteiger partial charge on any atom is 0.222 e. The number of carbonyl (C=O) groups is 1. The minimum Gasteiger partial charge on any atom is -0.379 e. The van der Waals surface area contributed by atoms with Crippen LogP contribution in [0.2, 0.25) is 0 Å². The molecule has 1 amide bonds. The molecule has 0 N–H and O–H groups in total. The summed E-state index contributed by atoms with van der Waals surface area (Å²) in [6, 6.07) is 6.73. The molecule has 1 aromatic heterocycles. The molecule has 0 spiro atoms. The average molecular weight is 401 g/mol. The number of morpholine rings is 1. The molecule has 3 saturated heterocycles. The summed E-state index contributed by atoms with van der Waals surface area (Å²) < 4.78 is 5.58. The summed E-state index contributed by atoms with van der Waals surface area (Å²) in [5, 5.41) is 0. The Kier molecular flexibility index (Phi) is 7.52. The Morgan fingerprint density at radius 1 is 1.07 bits per heavy atom. The van der Waals surface area contributed by atoms with Crippen molar-refractivity contribution in [1.29, 1.82) is 0 Å². The molecule has 3 aliphatic heterocycles. The van der Waals surface area contributed by atoms with Gasteiger partial charge in [-0.15, -0.1) is 0 Å². The van der Waals surface area contributed by atoms with Crippen LogP contribution in [0.4, 0.5) is 0 Å². The molecule has 160 valence electrons. The van der Waals surface area contributed by atoms with Crippen LogP contribution in [0.3, 0.4) is 0 Å². The highest BCUT2D eigenvalue weighted by atomic mass is 16.5. The number of rotatable bonds is 6. The second-order valence-corrected chi connectivity index (χ2v) is 8.80. The van der Waals surface area contributed by atoms with Crippen molar-refractivity contribution in [2.45, 2.75) is 51.1 Å². The van der Waals surface area contributed by atoms with Crippen molar-refractivity contribution in [2.24, 2.45) is 5.92 Å². The molecule has 4 rings (SSSR count). The summed E-state index contributed by atoms with van der Waals surface area (Å²) in [5.74, 6) is 0.909. The number of hydrogen-bond acceptors (Lipinski definition) is 5. The number of amides is 1. The van der Waals surface area contributed by atoms with Crippen LogP contribution in [0.5, 0.6) is 0 Å². The van der Waals surface area contributed by atoms with Crippen LogP contribution in [-0.2, 0) is 16.1 Å². The third kappa shape index (κ3) is 5.77. The van der Waals surface area contributed by atoms with Crippen molar-refractivity contribution in [1.82, 2.24) is 19.7 Å². The van der Waals surface area contributed by atoms with Gasteiger partial charge >= 0.3 is 0 Å². The number of ether oxygens (including phenoxy) is 1. The smallest absolute Gasteiger partial charge is 0.222 e. The molecule has 1 aromatic rings. The topological polar surface area (TPSA) is 48.9 Å². The molecule has 0 aliphatic carbocycles. The van der Waals surface area contributed by atoms with Gasteiger partial charge in [-0.25, -0.2) is 0 Å². The fraction of sp³-hybridized carbons (Fsp3) is 0.739. The standard InChI is InChI=1S/C23H36N4O2/c28-23(27-11-4-1-5-12-27)8-7-20-18-25(19-21-6-2-3-10-24-21)13-9-22(20)26-14-16-29-17-15-26/h2-3,6,10,20,22H,1,4-5,7-9,11-19H2/t20-,22+/m1/s1. The molecular formula is C23H36N4O2. The summed E-state index contributed by atoms with van der Waals surface area (Å²) >= 11 is 0. The zero-order valence-electron chi connectivity index (χ0n) is 17.7. The second-order valence-electron chi connectivity index (χ2n) is 8.80. The van der Waals surface area contributed by atoms with Crippen molar-refractivity contribution >= 4 is 5.91 Å². The van der Waals surface area contributed by atoms with Gasteiger partial charge in [-0.05, 0) is 50.2 Å². The predicted molar refractivity (Wildman–Crippen MR) is 113 cm³/mol. The predicted octanol–water partition coefficient (Wildman–Crippen LogP) is 2.40. The summed E-state index contributed by atoms with van der Waals surface area (Å²) in [4.78, 5) is 24.5. The lowest BCUT2D eigenvalue weighted by Gasteiger charge is -2.45. The number of pyridine rings is 1. The minimum absolute atomic E-state index is 0.368. The van der Waals surface area contributed by atoms with Gasteiger partial charge in [0.1, 0.15) is 0 Å². The van der Waals surface area contributed by atoms with E-state index in [2.05, 4.69) is 31.8 Å². The first kappa shape index (κ1) is 20.8. The van der Waals surface area contributed by atoms with Gasteiger partial charge in [-0.3, -0.25) is 19.6 Å². The zero-order chi connectivity index (χ0) is 19.9. The third-order valence-electron chi connectivity index (χ3n) is 6.84. The van der Waals surface area contributed by atoms with E-state index in [9.17, 15) is 4.79 Å². The van der Waals surface area contributed by atoms with Crippen LogP contribution in [0.15, 0.2) is 24.4 Å². The number of nitrogens with zero attached hydrogens (tertiary/aromatic N) is 4. The lowest BCUT2D eigenvalue weighted by Crippen LogP contribution is -2.54. The van der Waals surface area contributed by atoms with Gasteiger partial charge < -0.3 is 9.64 Å². The summed E-state index contributed by atoms with van der Waals surface area (Å²) in [6.07, 6.45) is 8.36. The van der Waals surface area contributed by atoms with Crippen LogP contribution in [0.25, 0.3) is 0 Å². The van der Waals surface area contributed by atoms with Crippen LogP contribution >= 0.6 is 0 Å². The van der Waals surface area contributed by atoms with Gasteiger partial charge in [-0.2, -0.15) is 0 Å². The molecular weight excluding hydrogens is 364 g/mol. The molecule has 0 radical (unpaired) electrons. The summed E-state index contributed by atoms with van der Waals surface area (Å²) in [6.45, 7) is 8.74. The van der Waals surface area contributed by atoms with Gasteiger partial charge in [0, 0.05) is 64.5 Å². The van der Waals surface area contributed by atoms with Gasteiger partial charge in [0.25, 0.3) is 0 Å². The Hall–Kier alpha value is -1.50. The molecule has 0 unspecified atom stereocenters. The highest BCUT2D eigenvalue weighted by molar-refractivity contribution is 5.76. The van der Waals surface area contributed by atoms with Crippen molar-refractivity contribution in [3.05, 3.63) is 30.1 Å². The lowest BCUT2D eigenvalue weighted by molar-refractivity contribution is -0.132. The number of carbonyl (C=O) groups excluding carboxylic acids is 1. The molecule has 2 atom stereocenters. The van der Waals surface area contributed by atoms with E-state index in [4.69, 9.17) is 4.74 Å². The molecule has 0 bridgehead atoms. The fourth-order valence-corrected chi connectivity index (χ4v) is 5.24. The van der Waals surface area contributed by atoms with Crippen molar-refractivity contribution in [3.63, 3.8) is 0 Å². The Balaban J connectivity index is 1.37. The Morgan fingerprint density at radius 2 is 1.90 bits per heavy atom. The summed E-state index contributed by atoms with van der Waals surface area (Å²) in [5.41, 5.74) is 1.14. The molecule has 3 aliphatic rings. The van der Waals surface area contributed by atoms with E-state index in [1.165, 1.54) is 25.7 Å². The van der Waals surface area contributed by atoms with E-state index in [1.807, 2.05) is 12.3 Å². The maximum atomic E-state index is 12.8. The minimum atomic E-state index is 0.368. The molecule has 6 heteroatoms. The van der Waals surface area contributed by atoms with Crippen LogP contribution in [0, 0.1) is 5.92 Å². The number of piperidine rings is 2. The molecule has 3 fully saturated rings. The Morgan fingerprint density at radius 3 is 2.66 bits per heavy atom. The lowest BCUT2D eigenvalue weighted by atomic mass is 9.86. The van der Waals surface area contributed by atoms with E-state index in [1.54, 1.807) is 0 Å². The zero-order valence-corrected chi connectivity index (χ0v) is 17.7. The Labute approximate surface area is 175 Å². The van der Waals surface area contributed by atoms with Crippen molar-refractivity contribution in [2.75, 3.05) is 52.5 Å². The molecule has 6 nitrogen and oxygen atoms in total. The average Bonchev–Trinajstić information content (AvgIpc) is 2.79. The van der Waals surface area contributed by atoms with Crippen molar-refractivity contribution < 1.29 is 9.53 Å². The molecule has 0 saturated carbocycles. The SMILES string of the molecule is O=C(CC[C@@H]1CN(Cc2ccccn2)CC[C@@H]1N1CCOCC1)N1CCCCC1.